The molecular weight excluding hydrogens is 396 g/mol. The lowest BCUT2D eigenvalue weighted by Gasteiger charge is -2.21. The number of anilines is 1. The summed E-state index contributed by atoms with van der Waals surface area (Å²) >= 11 is 1.37. The van der Waals surface area contributed by atoms with Gasteiger partial charge in [0.15, 0.2) is 0 Å². The maximum Gasteiger partial charge on any atom is 0.222 e. The molecule has 6 nitrogen and oxygen atoms in total. The van der Waals surface area contributed by atoms with Gasteiger partial charge in [0.2, 0.25) is 11.0 Å². The van der Waals surface area contributed by atoms with Crippen LogP contribution in [0.5, 0.6) is 0 Å². The van der Waals surface area contributed by atoms with Crippen molar-refractivity contribution in [1.29, 1.82) is 0 Å². The zero-order chi connectivity index (χ0) is 21.2. The maximum atomic E-state index is 12.5. The first-order valence-electron chi connectivity index (χ1n) is 10.1. The predicted molar refractivity (Wildman–Crippen MR) is 121 cm³/mol. The number of hydrogen-bond donors (Lipinski definition) is 1. The molecule has 0 spiro atoms. The second-order valence-electron chi connectivity index (χ2n) is 7.09. The summed E-state index contributed by atoms with van der Waals surface area (Å²) in [5, 5.41) is 3.89. The number of hydrogen-bond acceptors (Lipinski definition) is 6. The maximum absolute atomic E-state index is 12.5. The number of methoxy groups -OCH3 is 1. The molecule has 7 heteroatoms. The van der Waals surface area contributed by atoms with Crippen LogP contribution in [0.2, 0.25) is 0 Å². The Kier molecular flexibility index (Phi) is 8.35. The number of aromatic nitrogens is 2. The normalized spacial score (nSPS) is 11.8. The molecule has 0 saturated heterocycles. The topological polar surface area (TPSA) is 67.3 Å². The van der Waals surface area contributed by atoms with Crippen LogP contribution < -0.4 is 10.2 Å². The number of ether oxygens (including phenoxy) is 1. The van der Waals surface area contributed by atoms with Gasteiger partial charge in [-0.1, -0.05) is 60.7 Å². The molecule has 158 valence electrons. The van der Waals surface area contributed by atoms with Crippen LogP contribution in [0.15, 0.2) is 60.7 Å². The SMILES string of the molecule is COCCN(CCC(=O)NC(C)c1ccccc1)c1nc(Cc2ccccc2)ns1. The first kappa shape index (κ1) is 21.9. The largest absolute Gasteiger partial charge is 0.383 e. The summed E-state index contributed by atoms with van der Waals surface area (Å²) in [5.74, 6) is 0.813. The number of amides is 1. The molecule has 0 aliphatic carbocycles. The number of rotatable bonds is 11. The third-order valence-electron chi connectivity index (χ3n) is 4.78. The minimum Gasteiger partial charge on any atom is -0.383 e. The van der Waals surface area contributed by atoms with E-state index in [1.54, 1.807) is 7.11 Å². The van der Waals surface area contributed by atoms with Gasteiger partial charge in [0.25, 0.3) is 0 Å². The fourth-order valence-corrected chi connectivity index (χ4v) is 3.84. The van der Waals surface area contributed by atoms with Gasteiger partial charge >= 0.3 is 0 Å². The summed E-state index contributed by atoms with van der Waals surface area (Å²) in [6.45, 7) is 3.79. The summed E-state index contributed by atoms with van der Waals surface area (Å²) in [6, 6.07) is 20.1. The van der Waals surface area contributed by atoms with E-state index in [4.69, 9.17) is 9.72 Å². The molecule has 3 aromatic rings. The van der Waals surface area contributed by atoms with Crippen LogP contribution in [0, 0.1) is 0 Å². The van der Waals surface area contributed by atoms with E-state index in [2.05, 4.69) is 26.7 Å². The molecule has 1 heterocycles. The van der Waals surface area contributed by atoms with Gasteiger partial charge in [0.1, 0.15) is 5.82 Å². The molecule has 1 amide bonds. The zero-order valence-electron chi connectivity index (χ0n) is 17.5. The molecule has 0 aliphatic rings. The minimum absolute atomic E-state index is 0.0165. The van der Waals surface area contributed by atoms with Crippen molar-refractivity contribution in [3.05, 3.63) is 77.6 Å². The molecule has 2 aromatic carbocycles. The Labute approximate surface area is 182 Å². The van der Waals surface area contributed by atoms with E-state index in [9.17, 15) is 4.79 Å². The highest BCUT2D eigenvalue weighted by atomic mass is 32.1. The fraction of sp³-hybridized carbons (Fsp3) is 0.348. The highest BCUT2D eigenvalue weighted by molar-refractivity contribution is 7.09. The number of carbonyl (C=O) groups is 1. The first-order chi connectivity index (χ1) is 14.7. The second-order valence-corrected chi connectivity index (χ2v) is 7.82. The molecule has 3 rings (SSSR count). The molecule has 30 heavy (non-hydrogen) atoms. The Bertz CT molecular complexity index is 902. The smallest absolute Gasteiger partial charge is 0.222 e. The number of benzene rings is 2. The monoisotopic (exact) mass is 424 g/mol. The minimum atomic E-state index is -0.0230. The molecule has 0 saturated carbocycles. The van der Waals surface area contributed by atoms with Gasteiger partial charge in [-0.2, -0.15) is 4.37 Å². The fourth-order valence-electron chi connectivity index (χ4n) is 3.10. The Morgan fingerprint density at radius 2 is 1.80 bits per heavy atom. The third kappa shape index (κ3) is 6.64. The summed E-state index contributed by atoms with van der Waals surface area (Å²) < 4.78 is 9.74. The van der Waals surface area contributed by atoms with Crippen LogP contribution in [0.25, 0.3) is 0 Å². The van der Waals surface area contributed by atoms with Gasteiger partial charge in [-0.3, -0.25) is 4.79 Å². The summed E-state index contributed by atoms with van der Waals surface area (Å²) in [4.78, 5) is 19.2. The van der Waals surface area contributed by atoms with Crippen LogP contribution in [-0.2, 0) is 16.0 Å². The molecule has 1 atom stereocenters. The number of nitrogens with one attached hydrogen (secondary N) is 1. The van der Waals surface area contributed by atoms with E-state index >= 15 is 0 Å². The van der Waals surface area contributed by atoms with Gasteiger partial charge < -0.3 is 15.0 Å². The van der Waals surface area contributed by atoms with Crippen molar-refractivity contribution in [1.82, 2.24) is 14.7 Å². The van der Waals surface area contributed by atoms with Crippen LogP contribution in [0.1, 0.15) is 36.3 Å². The quantitative estimate of drug-likeness (QED) is 0.506. The number of nitrogens with zero attached hydrogens (tertiary/aromatic N) is 3. The lowest BCUT2D eigenvalue weighted by Crippen LogP contribution is -2.33. The highest BCUT2D eigenvalue weighted by Gasteiger charge is 2.16. The van der Waals surface area contributed by atoms with Crippen molar-refractivity contribution in [2.45, 2.75) is 25.8 Å². The lowest BCUT2D eigenvalue weighted by atomic mass is 10.1. The molecule has 0 aliphatic heterocycles. The van der Waals surface area contributed by atoms with Crippen LogP contribution >= 0.6 is 11.5 Å². The Morgan fingerprint density at radius 3 is 2.50 bits per heavy atom. The van der Waals surface area contributed by atoms with Gasteiger partial charge in [-0.15, -0.1) is 0 Å². The Balaban J connectivity index is 1.57. The van der Waals surface area contributed by atoms with Gasteiger partial charge in [-0.25, -0.2) is 4.98 Å². The summed E-state index contributed by atoms with van der Waals surface area (Å²) in [7, 11) is 1.67. The van der Waals surface area contributed by atoms with Gasteiger partial charge in [0.05, 0.1) is 12.6 Å². The van der Waals surface area contributed by atoms with Gasteiger partial charge in [-0.05, 0) is 18.1 Å². The van der Waals surface area contributed by atoms with E-state index in [0.717, 1.165) is 16.5 Å². The molecule has 0 bridgehead atoms. The molecular formula is C23H28N4O2S. The van der Waals surface area contributed by atoms with E-state index in [0.29, 0.717) is 32.5 Å². The van der Waals surface area contributed by atoms with Crippen molar-refractivity contribution in [3.8, 4) is 0 Å². The van der Waals surface area contributed by atoms with Crippen molar-refractivity contribution in [2.75, 3.05) is 31.7 Å². The van der Waals surface area contributed by atoms with Crippen molar-refractivity contribution in [2.24, 2.45) is 0 Å². The molecule has 1 N–H and O–H groups in total. The summed E-state index contributed by atoms with van der Waals surface area (Å²) in [5.41, 5.74) is 2.27. The molecule has 0 fully saturated rings. The zero-order valence-corrected chi connectivity index (χ0v) is 18.3. The lowest BCUT2D eigenvalue weighted by molar-refractivity contribution is -0.121. The van der Waals surface area contributed by atoms with Crippen LogP contribution in [-0.4, -0.2) is 42.1 Å². The first-order valence-corrected chi connectivity index (χ1v) is 10.9. The van der Waals surface area contributed by atoms with Crippen molar-refractivity contribution in [3.63, 3.8) is 0 Å². The molecule has 0 radical (unpaired) electrons. The van der Waals surface area contributed by atoms with Crippen LogP contribution in [0.3, 0.4) is 0 Å². The third-order valence-corrected chi connectivity index (χ3v) is 5.60. The standard InChI is InChI=1S/C23H28N4O2S/c1-18(20-11-7-4-8-12-20)24-22(28)13-14-27(15-16-29-2)23-25-21(26-30-23)17-19-9-5-3-6-10-19/h3-12,18H,13-17H2,1-2H3,(H,24,28). The van der Waals surface area contributed by atoms with Gasteiger partial charge in [0, 0.05) is 44.6 Å². The van der Waals surface area contributed by atoms with Crippen molar-refractivity contribution >= 4 is 22.6 Å². The Morgan fingerprint density at radius 1 is 1.10 bits per heavy atom. The van der Waals surface area contributed by atoms with Crippen molar-refractivity contribution < 1.29 is 9.53 Å². The average Bonchev–Trinajstić information content (AvgIpc) is 3.23. The second kappa shape index (κ2) is 11.4. The highest BCUT2D eigenvalue weighted by Crippen LogP contribution is 2.19. The van der Waals surface area contributed by atoms with Crippen LogP contribution in [0.4, 0.5) is 5.13 Å². The number of carbonyl (C=O) groups excluding carboxylic acids is 1. The molecule has 1 aromatic heterocycles. The predicted octanol–water partition coefficient (Wildman–Crippen LogP) is 3.85. The van der Waals surface area contributed by atoms with E-state index in [1.807, 2.05) is 55.5 Å². The Hall–Kier alpha value is -2.77. The summed E-state index contributed by atoms with van der Waals surface area (Å²) in [6.07, 6.45) is 1.08. The van der Waals surface area contributed by atoms with E-state index in [-0.39, 0.29) is 11.9 Å². The average molecular weight is 425 g/mol. The van der Waals surface area contributed by atoms with E-state index < -0.39 is 0 Å². The molecule has 1 unspecified atom stereocenters. The van der Waals surface area contributed by atoms with E-state index in [1.165, 1.54) is 17.1 Å².